The lowest BCUT2D eigenvalue weighted by Crippen LogP contribution is -2.32. The smallest absolute Gasteiger partial charge is 0.240 e. The number of benzene rings is 1. The largest absolute Gasteiger partial charge is 0.349 e. The van der Waals surface area contributed by atoms with Crippen LogP contribution in [0.2, 0.25) is 0 Å². The van der Waals surface area contributed by atoms with E-state index in [-0.39, 0.29) is 29.8 Å². The second-order valence-electron chi connectivity index (χ2n) is 5.18. The van der Waals surface area contributed by atoms with Crippen LogP contribution in [0.4, 0.5) is 0 Å². The van der Waals surface area contributed by atoms with Crippen LogP contribution in [0.1, 0.15) is 24.9 Å². The van der Waals surface area contributed by atoms with Gasteiger partial charge in [0.25, 0.3) is 0 Å². The molecule has 128 valence electrons. The quantitative estimate of drug-likeness (QED) is 0.731. The van der Waals surface area contributed by atoms with E-state index < -0.39 is 10.0 Å². The molecule has 0 saturated heterocycles. The summed E-state index contributed by atoms with van der Waals surface area (Å²) in [6, 6.07) is 9.77. The SMILES string of the molecule is CC(NC(=O)CCNS(=O)(=O)c1ccc(Br)cc1)c1cccnc1. The number of pyridine rings is 1. The van der Waals surface area contributed by atoms with Crippen LogP contribution in [-0.4, -0.2) is 25.9 Å². The van der Waals surface area contributed by atoms with Crippen LogP contribution < -0.4 is 10.0 Å². The fourth-order valence-corrected chi connectivity index (χ4v) is 3.32. The van der Waals surface area contributed by atoms with E-state index in [4.69, 9.17) is 0 Å². The molecule has 2 N–H and O–H groups in total. The Labute approximate surface area is 149 Å². The lowest BCUT2D eigenvalue weighted by atomic mass is 10.1. The number of amides is 1. The highest BCUT2D eigenvalue weighted by atomic mass is 79.9. The maximum absolute atomic E-state index is 12.1. The van der Waals surface area contributed by atoms with Crippen molar-refractivity contribution < 1.29 is 13.2 Å². The molecule has 0 aliphatic carbocycles. The molecular formula is C16H18BrN3O3S. The summed E-state index contributed by atoms with van der Waals surface area (Å²) in [5, 5.41) is 2.81. The van der Waals surface area contributed by atoms with Gasteiger partial charge in [-0.2, -0.15) is 0 Å². The minimum Gasteiger partial charge on any atom is -0.349 e. The first-order valence-electron chi connectivity index (χ1n) is 7.33. The van der Waals surface area contributed by atoms with Crippen molar-refractivity contribution in [3.63, 3.8) is 0 Å². The highest BCUT2D eigenvalue weighted by Gasteiger charge is 2.15. The number of nitrogens with one attached hydrogen (secondary N) is 2. The minimum atomic E-state index is -3.61. The Bertz CT molecular complexity index is 780. The number of rotatable bonds is 7. The second kappa shape index (κ2) is 8.36. The molecule has 0 aliphatic rings. The van der Waals surface area contributed by atoms with Gasteiger partial charge in [-0.15, -0.1) is 0 Å². The monoisotopic (exact) mass is 411 g/mol. The summed E-state index contributed by atoms with van der Waals surface area (Å²) < 4.78 is 27.4. The van der Waals surface area contributed by atoms with E-state index in [2.05, 4.69) is 31.0 Å². The lowest BCUT2D eigenvalue weighted by Gasteiger charge is -2.14. The molecule has 6 nitrogen and oxygen atoms in total. The van der Waals surface area contributed by atoms with E-state index >= 15 is 0 Å². The molecule has 0 saturated carbocycles. The van der Waals surface area contributed by atoms with E-state index in [0.29, 0.717) is 0 Å². The summed E-state index contributed by atoms with van der Waals surface area (Å²) in [5.41, 5.74) is 0.890. The highest BCUT2D eigenvalue weighted by Crippen LogP contribution is 2.14. The van der Waals surface area contributed by atoms with Crippen molar-refractivity contribution in [3.05, 3.63) is 58.8 Å². The number of nitrogens with zero attached hydrogens (tertiary/aromatic N) is 1. The summed E-state index contributed by atoms with van der Waals surface area (Å²) in [4.78, 5) is 16.1. The van der Waals surface area contributed by atoms with Gasteiger partial charge in [0, 0.05) is 29.8 Å². The van der Waals surface area contributed by atoms with Crippen LogP contribution in [0.5, 0.6) is 0 Å². The Hall–Kier alpha value is -1.77. The predicted molar refractivity (Wildman–Crippen MR) is 94.7 cm³/mol. The molecule has 1 atom stereocenters. The topological polar surface area (TPSA) is 88.2 Å². The molecule has 24 heavy (non-hydrogen) atoms. The van der Waals surface area contributed by atoms with Crippen molar-refractivity contribution in [1.29, 1.82) is 0 Å². The summed E-state index contributed by atoms with van der Waals surface area (Å²) in [6.45, 7) is 1.88. The number of carbonyl (C=O) groups excluding carboxylic acids is 1. The Morgan fingerprint density at radius 2 is 1.96 bits per heavy atom. The molecule has 0 aliphatic heterocycles. The number of hydrogen-bond acceptors (Lipinski definition) is 4. The highest BCUT2D eigenvalue weighted by molar-refractivity contribution is 9.10. The van der Waals surface area contributed by atoms with Crippen LogP contribution in [0.3, 0.4) is 0 Å². The summed E-state index contributed by atoms with van der Waals surface area (Å²) in [5.74, 6) is -0.232. The molecule has 1 amide bonds. The zero-order chi connectivity index (χ0) is 17.6. The van der Waals surface area contributed by atoms with Gasteiger partial charge in [-0.05, 0) is 42.8 Å². The Kier molecular flexibility index (Phi) is 6.47. The predicted octanol–water partition coefficient (Wildman–Crippen LogP) is 2.39. The number of halogens is 1. The van der Waals surface area contributed by atoms with E-state index in [9.17, 15) is 13.2 Å². The molecule has 2 rings (SSSR count). The molecule has 1 heterocycles. The average Bonchev–Trinajstić information content (AvgIpc) is 2.56. The molecule has 2 aromatic rings. The van der Waals surface area contributed by atoms with Crippen LogP contribution in [0.25, 0.3) is 0 Å². The van der Waals surface area contributed by atoms with E-state index in [1.54, 1.807) is 30.6 Å². The van der Waals surface area contributed by atoms with Gasteiger partial charge in [-0.3, -0.25) is 9.78 Å². The molecular weight excluding hydrogens is 394 g/mol. The fourth-order valence-electron chi connectivity index (χ4n) is 2.03. The molecule has 1 aromatic heterocycles. The van der Waals surface area contributed by atoms with Crippen molar-refractivity contribution in [3.8, 4) is 0 Å². The standard InChI is InChI=1S/C16H18BrN3O3S/c1-12(13-3-2-9-18-11-13)20-16(21)8-10-19-24(22,23)15-6-4-14(17)5-7-15/h2-7,9,11-12,19H,8,10H2,1H3,(H,20,21). The number of aromatic nitrogens is 1. The Balaban J connectivity index is 1.83. The molecule has 1 aromatic carbocycles. The minimum absolute atomic E-state index is 0.0317. The first kappa shape index (κ1) is 18.6. The van der Waals surface area contributed by atoms with Crippen LogP contribution >= 0.6 is 15.9 Å². The average molecular weight is 412 g/mol. The molecule has 1 unspecified atom stereocenters. The molecule has 0 fully saturated rings. The molecule has 0 spiro atoms. The molecule has 0 bridgehead atoms. The van der Waals surface area contributed by atoms with Gasteiger partial charge in [-0.25, -0.2) is 13.1 Å². The Morgan fingerprint density at radius 1 is 1.25 bits per heavy atom. The normalized spacial score (nSPS) is 12.6. The van der Waals surface area contributed by atoms with E-state index in [1.165, 1.54) is 12.1 Å². The van der Waals surface area contributed by atoms with Crippen molar-refractivity contribution in [1.82, 2.24) is 15.0 Å². The van der Waals surface area contributed by atoms with Crippen LogP contribution in [0, 0.1) is 0 Å². The second-order valence-corrected chi connectivity index (χ2v) is 7.86. The van der Waals surface area contributed by atoms with Gasteiger partial charge in [0.15, 0.2) is 0 Å². The fraction of sp³-hybridized carbons (Fsp3) is 0.250. The zero-order valence-corrected chi connectivity index (χ0v) is 15.5. The Morgan fingerprint density at radius 3 is 2.58 bits per heavy atom. The van der Waals surface area contributed by atoms with Gasteiger partial charge in [0.1, 0.15) is 0 Å². The number of sulfonamides is 1. The first-order valence-corrected chi connectivity index (χ1v) is 9.60. The maximum Gasteiger partial charge on any atom is 0.240 e. The van der Waals surface area contributed by atoms with E-state index in [0.717, 1.165) is 10.0 Å². The van der Waals surface area contributed by atoms with Crippen LogP contribution in [-0.2, 0) is 14.8 Å². The third-order valence-electron chi connectivity index (χ3n) is 3.33. The summed E-state index contributed by atoms with van der Waals surface area (Å²) >= 11 is 3.25. The van der Waals surface area contributed by atoms with Crippen molar-refractivity contribution in [2.24, 2.45) is 0 Å². The zero-order valence-electron chi connectivity index (χ0n) is 13.1. The van der Waals surface area contributed by atoms with Gasteiger partial charge in [0.05, 0.1) is 10.9 Å². The van der Waals surface area contributed by atoms with Crippen molar-refractivity contribution in [2.45, 2.75) is 24.3 Å². The van der Waals surface area contributed by atoms with Gasteiger partial charge < -0.3 is 5.32 Å². The van der Waals surface area contributed by atoms with Crippen molar-refractivity contribution in [2.75, 3.05) is 6.54 Å². The van der Waals surface area contributed by atoms with E-state index in [1.807, 2.05) is 13.0 Å². The van der Waals surface area contributed by atoms with Gasteiger partial charge in [0.2, 0.25) is 15.9 Å². The third-order valence-corrected chi connectivity index (χ3v) is 5.34. The van der Waals surface area contributed by atoms with Crippen LogP contribution in [0.15, 0.2) is 58.2 Å². The van der Waals surface area contributed by atoms with Crippen molar-refractivity contribution >= 4 is 31.9 Å². The maximum atomic E-state index is 12.1. The number of carbonyl (C=O) groups is 1. The third kappa shape index (κ3) is 5.40. The summed E-state index contributed by atoms with van der Waals surface area (Å²) in [6.07, 6.45) is 3.40. The number of hydrogen-bond donors (Lipinski definition) is 2. The summed E-state index contributed by atoms with van der Waals surface area (Å²) in [7, 11) is -3.61. The first-order chi connectivity index (χ1) is 11.4. The van der Waals surface area contributed by atoms with Gasteiger partial charge in [-0.1, -0.05) is 22.0 Å². The molecule has 8 heteroatoms. The lowest BCUT2D eigenvalue weighted by molar-refractivity contribution is -0.121. The van der Waals surface area contributed by atoms with Gasteiger partial charge >= 0.3 is 0 Å². The molecule has 0 radical (unpaired) electrons.